The predicted molar refractivity (Wildman–Crippen MR) is 105 cm³/mol. The van der Waals surface area contributed by atoms with Gasteiger partial charge in [0.25, 0.3) is 0 Å². The first-order chi connectivity index (χ1) is 13.1. The van der Waals surface area contributed by atoms with Crippen molar-refractivity contribution in [2.75, 3.05) is 26.3 Å². The highest BCUT2D eigenvalue weighted by atomic mass is 16.7. The molecule has 2 aliphatic heterocycles. The number of benzene rings is 2. The molecule has 27 heavy (non-hydrogen) atoms. The number of hydrogen-bond donors (Lipinski definition) is 0. The fourth-order valence-corrected chi connectivity index (χ4v) is 4.17. The molecule has 4 nitrogen and oxygen atoms in total. The summed E-state index contributed by atoms with van der Waals surface area (Å²) in [7, 11) is 0. The Labute approximate surface area is 161 Å². The van der Waals surface area contributed by atoms with Gasteiger partial charge in [-0.15, -0.1) is 0 Å². The van der Waals surface area contributed by atoms with E-state index >= 15 is 0 Å². The van der Waals surface area contributed by atoms with Crippen LogP contribution in [0.4, 0.5) is 0 Å². The Morgan fingerprint density at radius 2 is 1.56 bits per heavy atom. The van der Waals surface area contributed by atoms with Crippen LogP contribution in [-0.2, 0) is 16.0 Å². The lowest BCUT2D eigenvalue weighted by Gasteiger charge is -2.37. The maximum absolute atomic E-state index is 12.9. The molecule has 2 aromatic carbocycles. The van der Waals surface area contributed by atoms with Crippen LogP contribution in [0.25, 0.3) is 0 Å². The summed E-state index contributed by atoms with van der Waals surface area (Å²) in [5.74, 6) is -0.217. The van der Waals surface area contributed by atoms with Crippen LogP contribution in [0.1, 0.15) is 45.5 Å². The van der Waals surface area contributed by atoms with Crippen LogP contribution in [0.5, 0.6) is 0 Å². The molecule has 2 saturated heterocycles. The summed E-state index contributed by atoms with van der Waals surface area (Å²) in [6.45, 7) is 8.27. The Kier molecular flexibility index (Phi) is 5.13. The van der Waals surface area contributed by atoms with Gasteiger partial charge in [0.05, 0.1) is 13.2 Å². The van der Waals surface area contributed by atoms with E-state index in [4.69, 9.17) is 9.47 Å². The van der Waals surface area contributed by atoms with Crippen molar-refractivity contribution in [1.29, 1.82) is 0 Å². The van der Waals surface area contributed by atoms with Gasteiger partial charge in [-0.3, -0.25) is 9.69 Å². The third kappa shape index (κ3) is 3.84. The van der Waals surface area contributed by atoms with E-state index in [1.165, 1.54) is 5.56 Å². The van der Waals surface area contributed by atoms with E-state index in [0.717, 1.165) is 67.9 Å². The fourth-order valence-electron chi connectivity index (χ4n) is 4.17. The molecular weight excluding hydrogens is 338 g/mol. The molecule has 0 saturated carbocycles. The zero-order valence-electron chi connectivity index (χ0n) is 16.2. The second-order valence-corrected chi connectivity index (χ2v) is 7.68. The molecule has 0 N–H and O–H groups in total. The van der Waals surface area contributed by atoms with E-state index in [0.29, 0.717) is 0 Å². The normalized spacial score (nSPS) is 19.5. The summed E-state index contributed by atoms with van der Waals surface area (Å²) >= 11 is 0. The predicted octanol–water partition coefficient (Wildman–Crippen LogP) is 3.87. The maximum atomic E-state index is 12.9. The van der Waals surface area contributed by atoms with E-state index in [9.17, 15) is 4.79 Å². The second kappa shape index (κ2) is 7.55. The lowest BCUT2D eigenvalue weighted by molar-refractivity contribution is -0.185. The number of rotatable bonds is 4. The van der Waals surface area contributed by atoms with Crippen molar-refractivity contribution in [2.24, 2.45) is 0 Å². The van der Waals surface area contributed by atoms with Crippen LogP contribution in [0, 0.1) is 13.8 Å². The van der Waals surface area contributed by atoms with Gasteiger partial charge in [0.15, 0.2) is 11.6 Å². The Balaban J connectivity index is 1.40. The molecule has 0 unspecified atom stereocenters. The van der Waals surface area contributed by atoms with E-state index < -0.39 is 0 Å². The minimum absolute atomic E-state index is 0.104. The Morgan fingerprint density at radius 1 is 0.963 bits per heavy atom. The van der Waals surface area contributed by atoms with Crippen molar-refractivity contribution in [3.05, 3.63) is 70.3 Å². The molecule has 2 aliphatic rings. The first-order valence-electron chi connectivity index (χ1n) is 9.76. The van der Waals surface area contributed by atoms with Crippen LogP contribution >= 0.6 is 0 Å². The van der Waals surface area contributed by atoms with Gasteiger partial charge in [-0.2, -0.15) is 0 Å². The van der Waals surface area contributed by atoms with E-state index in [1.54, 1.807) is 0 Å². The number of nitrogens with zero attached hydrogens (tertiary/aromatic N) is 1. The van der Waals surface area contributed by atoms with Crippen molar-refractivity contribution < 1.29 is 14.3 Å². The van der Waals surface area contributed by atoms with Gasteiger partial charge in [-0.25, -0.2) is 0 Å². The average molecular weight is 365 g/mol. The quantitative estimate of drug-likeness (QED) is 0.771. The molecule has 2 aromatic rings. The van der Waals surface area contributed by atoms with Crippen LogP contribution in [0.3, 0.4) is 0 Å². The second-order valence-electron chi connectivity index (χ2n) is 7.68. The number of piperidine rings is 1. The molecule has 0 aromatic heterocycles. The lowest BCUT2D eigenvalue weighted by atomic mass is 9.94. The monoisotopic (exact) mass is 365 g/mol. The van der Waals surface area contributed by atoms with Gasteiger partial charge >= 0.3 is 0 Å². The highest BCUT2D eigenvalue weighted by Crippen LogP contribution is 2.31. The lowest BCUT2D eigenvalue weighted by Crippen LogP contribution is -2.44. The summed E-state index contributed by atoms with van der Waals surface area (Å²) in [6, 6.07) is 14.1. The minimum atomic E-state index is -0.321. The fraction of sp³-hybridized carbons (Fsp3) is 0.435. The van der Waals surface area contributed by atoms with E-state index in [2.05, 4.69) is 17.0 Å². The maximum Gasteiger partial charge on any atom is 0.193 e. The molecule has 0 amide bonds. The van der Waals surface area contributed by atoms with Crippen LogP contribution in [0.2, 0.25) is 0 Å². The minimum Gasteiger partial charge on any atom is -0.347 e. The summed E-state index contributed by atoms with van der Waals surface area (Å²) in [4.78, 5) is 15.3. The van der Waals surface area contributed by atoms with Gasteiger partial charge in [-0.1, -0.05) is 42.5 Å². The third-order valence-corrected chi connectivity index (χ3v) is 5.76. The first kappa shape index (κ1) is 18.4. The Bertz CT molecular complexity index is 792. The molecule has 2 heterocycles. The Morgan fingerprint density at radius 3 is 2.15 bits per heavy atom. The van der Waals surface area contributed by atoms with Gasteiger partial charge in [0, 0.05) is 43.6 Å². The number of hydrogen-bond acceptors (Lipinski definition) is 4. The van der Waals surface area contributed by atoms with Crippen molar-refractivity contribution in [3.63, 3.8) is 0 Å². The van der Waals surface area contributed by atoms with Crippen LogP contribution in [0.15, 0.2) is 42.5 Å². The molecule has 0 atom stereocenters. The topological polar surface area (TPSA) is 38.8 Å². The molecule has 2 fully saturated rings. The molecule has 0 radical (unpaired) electrons. The molecule has 4 heteroatoms. The highest BCUT2D eigenvalue weighted by molar-refractivity contribution is 6.10. The highest BCUT2D eigenvalue weighted by Gasteiger charge is 2.39. The molecule has 142 valence electrons. The van der Waals surface area contributed by atoms with Crippen molar-refractivity contribution in [1.82, 2.24) is 4.90 Å². The molecule has 4 rings (SSSR count). The number of ketones is 1. The Hall–Kier alpha value is -2.01. The van der Waals surface area contributed by atoms with Gasteiger partial charge in [0.2, 0.25) is 0 Å². The molecular formula is C23H27NO3. The largest absolute Gasteiger partial charge is 0.347 e. The van der Waals surface area contributed by atoms with Crippen molar-refractivity contribution in [2.45, 2.75) is 39.0 Å². The van der Waals surface area contributed by atoms with Gasteiger partial charge in [-0.05, 0) is 30.5 Å². The number of likely N-dealkylation sites (tertiary alicyclic amines) is 1. The average Bonchev–Trinajstić information content (AvgIpc) is 3.12. The van der Waals surface area contributed by atoms with E-state index in [1.807, 2.05) is 44.2 Å². The summed E-state index contributed by atoms with van der Waals surface area (Å²) in [5, 5.41) is 0. The number of carbonyl (C=O) groups excluding carboxylic acids is 1. The van der Waals surface area contributed by atoms with Gasteiger partial charge < -0.3 is 9.47 Å². The van der Waals surface area contributed by atoms with E-state index in [-0.39, 0.29) is 11.6 Å². The SMILES string of the molecule is Cc1cccc(C)c1C(=O)c1ccc(CN2CCC3(CC2)OCCO3)cc1. The first-order valence-corrected chi connectivity index (χ1v) is 9.76. The smallest absolute Gasteiger partial charge is 0.193 e. The zero-order chi connectivity index (χ0) is 18.9. The molecule has 0 aliphatic carbocycles. The molecule has 0 bridgehead atoms. The van der Waals surface area contributed by atoms with Gasteiger partial charge in [0.1, 0.15) is 0 Å². The third-order valence-electron chi connectivity index (χ3n) is 5.76. The number of aryl methyl sites for hydroxylation is 2. The summed E-state index contributed by atoms with van der Waals surface area (Å²) < 4.78 is 11.6. The number of carbonyl (C=O) groups is 1. The zero-order valence-corrected chi connectivity index (χ0v) is 16.2. The van der Waals surface area contributed by atoms with Crippen molar-refractivity contribution in [3.8, 4) is 0 Å². The van der Waals surface area contributed by atoms with Crippen LogP contribution < -0.4 is 0 Å². The number of ether oxygens (including phenoxy) is 2. The standard InChI is InChI=1S/C23H27NO3/c1-17-4-3-5-18(2)21(17)22(25)20-8-6-19(7-9-20)16-24-12-10-23(11-13-24)26-14-15-27-23/h3-9H,10-16H2,1-2H3. The summed E-state index contributed by atoms with van der Waals surface area (Å²) in [6.07, 6.45) is 1.85. The van der Waals surface area contributed by atoms with Crippen LogP contribution in [-0.4, -0.2) is 42.8 Å². The molecule has 1 spiro atoms. The van der Waals surface area contributed by atoms with Crippen molar-refractivity contribution >= 4 is 5.78 Å². The summed E-state index contributed by atoms with van der Waals surface area (Å²) in [5.41, 5.74) is 4.87.